The topological polar surface area (TPSA) is 76.1 Å². The van der Waals surface area contributed by atoms with E-state index in [-0.39, 0.29) is 0 Å². The molecule has 6 N–H and O–H groups in total. The van der Waals surface area contributed by atoms with Gasteiger partial charge >= 0.3 is 0 Å². The van der Waals surface area contributed by atoms with Gasteiger partial charge in [-0.15, -0.1) is 0 Å². The van der Waals surface area contributed by atoms with Crippen molar-refractivity contribution in [1.82, 2.24) is 10.7 Å². The van der Waals surface area contributed by atoms with Crippen molar-refractivity contribution in [2.75, 3.05) is 6.54 Å². The third-order valence-electron chi connectivity index (χ3n) is 1.14. The normalized spacial score (nSPS) is 17.4. The summed E-state index contributed by atoms with van der Waals surface area (Å²) in [5.41, 5.74) is 8.66. The lowest BCUT2D eigenvalue weighted by Gasteiger charge is -2.12. The van der Waals surface area contributed by atoms with E-state index in [1.807, 2.05) is 12.2 Å². The number of hydrogen-bond acceptors (Lipinski definition) is 4. The average Bonchev–Trinajstić information content (AvgIpc) is 1.89. The van der Waals surface area contributed by atoms with Crippen molar-refractivity contribution in [3.63, 3.8) is 0 Å². The Morgan fingerprint density at radius 3 is 2.89 bits per heavy atom. The lowest BCUT2D eigenvalue weighted by atomic mass is 10.3. The molecule has 1 aliphatic heterocycles. The summed E-state index contributed by atoms with van der Waals surface area (Å²) in [4.78, 5) is 0. The standard InChI is InChI=1S/C5H10N4/c6-5-4(9-7)2-1-3-8-5/h1-2,8-9H,3,6-7H2. The molecule has 4 heteroatoms. The Morgan fingerprint density at radius 2 is 2.44 bits per heavy atom. The fraction of sp³-hybridized carbons (Fsp3) is 0.200. The first-order valence-corrected chi connectivity index (χ1v) is 2.71. The van der Waals surface area contributed by atoms with Crippen molar-refractivity contribution >= 4 is 0 Å². The summed E-state index contributed by atoms with van der Waals surface area (Å²) in [5.74, 6) is 5.71. The van der Waals surface area contributed by atoms with E-state index >= 15 is 0 Å². The second-order valence-corrected chi connectivity index (χ2v) is 1.75. The molecule has 0 radical (unpaired) electrons. The number of dihydropyridines is 1. The van der Waals surface area contributed by atoms with Gasteiger partial charge in [0.1, 0.15) is 5.82 Å². The van der Waals surface area contributed by atoms with Crippen LogP contribution < -0.4 is 22.3 Å². The van der Waals surface area contributed by atoms with Crippen LogP contribution in [-0.4, -0.2) is 6.54 Å². The van der Waals surface area contributed by atoms with Crippen LogP contribution in [0.15, 0.2) is 23.7 Å². The van der Waals surface area contributed by atoms with Gasteiger partial charge in [-0.05, 0) is 6.08 Å². The number of hydrazine groups is 1. The largest absolute Gasteiger partial charge is 0.384 e. The predicted octanol–water partition coefficient (Wildman–Crippen LogP) is -1.26. The molecule has 4 nitrogen and oxygen atoms in total. The van der Waals surface area contributed by atoms with Crippen molar-refractivity contribution in [2.24, 2.45) is 11.6 Å². The SMILES string of the molecule is NNC1=C(N)NCC=C1. The summed E-state index contributed by atoms with van der Waals surface area (Å²) >= 11 is 0. The van der Waals surface area contributed by atoms with Crippen LogP contribution in [0, 0.1) is 0 Å². The molecular formula is C5H10N4. The summed E-state index contributed by atoms with van der Waals surface area (Å²) in [6.45, 7) is 0.775. The van der Waals surface area contributed by atoms with E-state index in [0.29, 0.717) is 5.82 Å². The van der Waals surface area contributed by atoms with Crippen LogP contribution in [0.3, 0.4) is 0 Å². The van der Waals surface area contributed by atoms with Gasteiger partial charge in [0.25, 0.3) is 0 Å². The zero-order chi connectivity index (χ0) is 6.69. The summed E-state index contributed by atoms with van der Waals surface area (Å²) in [6, 6.07) is 0. The molecule has 0 fully saturated rings. The van der Waals surface area contributed by atoms with Crippen LogP contribution in [0.1, 0.15) is 0 Å². The van der Waals surface area contributed by atoms with Gasteiger partial charge in [-0.1, -0.05) is 6.08 Å². The van der Waals surface area contributed by atoms with Crippen molar-refractivity contribution < 1.29 is 0 Å². The minimum atomic E-state index is 0.597. The quantitative estimate of drug-likeness (QED) is 0.261. The molecular weight excluding hydrogens is 116 g/mol. The Hall–Kier alpha value is -1.16. The van der Waals surface area contributed by atoms with E-state index in [9.17, 15) is 0 Å². The fourth-order valence-corrected chi connectivity index (χ4v) is 0.657. The number of allylic oxidation sites excluding steroid dienone is 1. The van der Waals surface area contributed by atoms with E-state index in [1.54, 1.807) is 0 Å². The van der Waals surface area contributed by atoms with E-state index in [1.165, 1.54) is 0 Å². The molecule has 1 rings (SSSR count). The van der Waals surface area contributed by atoms with Crippen LogP contribution >= 0.6 is 0 Å². The Kier molecular flexibility index (Phi) is 1.60. The van der Waals surface area contributed by atoms with Crippen LogP contribution in [0.5, 0.6) is 0 Å². The van der Waals surface area contributed by atoms with E-state index in [4.69, 9.17) is 11.6 Å². The lowest BCUT2D eigenvalue weighted by Crippen LogP contribution is -2.32. The smallest absolute Gasteiger partial charge is 0.121 e. The summed E-state index contributed by atoms with van der Waals surface area (Å²) in [5, 5.41) is 2.91. The van der Waals surface area contributed by atoms with Crippen molar-refractivity contribution in [3.8, 4) is 0 Å². The molecule has 0 saturated carbocycles. The van der Waals surface area contributed by atoms with Crippen molar-refractivity contribution in [2.45, 2.75) is 0 Å². The maximum absolute atomic E-state index is 5.46. The van der Waals surface area contributed by atoms with Gasteiger partial charge in [0.2, 0.25) is 0 Å². The van der Waals surface area contributed by atoms with Gasteiger partial charge < -0.3 is 16.5 Å². The monoisotopic (exact) mass is 126 g/mol. The highest BCUT2D eigenvalue weighted by atomic mass is 15.2. The summed E-state index contributed by atoms with van der Waals surface area (Å²) < 4.78 is 0. The van der Waals surface area contributed by atoms with Crippen molar-refractivity contribution in [1.29, 1.82) is 0 Å². The van der Waals surface area contributed by atoms with Crippen molar-refractivity contribution in [3.05, 3.63) is 23.7 Å². The molecule has 0 saturated heterocycles. The molecule has 9 heavy (non-hydrogen) atoms. The Labute approximate surface area is 53.6 Å². The molecule has 0 amide bonds. The highest BCUT2D eigenvalue weighted by Gasteiger charge is 1.99. The van der Waals surface area contributed by atoms with Crippen LogP contribution in [-0.2, 0) is 0 Å². The Balaban J connectivity index is 2.72. The molecule has 0 bridgehead atoms. The molecule has 1 aliphatic rings. The number of nitrogens with one attached hydrogen (secondary N) is 2. The third-order valence-corrected chi connectivity index (χ3v) is 1.14. The highest BCUT2D eigenvalue weighted by Crippen LogP contribution is 1.96. The molecule has 1 heterocycles. The molecule has 0 atom stereocenters. The van der Waals surface area contributed by atoms with Gasteiger partial charge in [-0.25, -0.2) is 0 Å². The van der Waals surface area contributed by atoms with Crippen LogP contribution in [0.25, 0.3) is 0 Å². The van der Waals surface area contributed by atoms with Crippen LogP contribution in [0.4, 0.5) is 0 Å². The highest BCUT2D eigenvalue weighted by molar-refractivity contribution is 5.24. The number of rotatable bonds is 1. The predicted molar refractivity (Wildman–Crippen MR) is 35.7 cm³/mol. The van der Waals surface area contributed by atoms with E-state index in [2.05, 4.69) is 10.7 Å². The molecule has 50 valence electrons. The molecule has 0 aliphatic carbocycles. The minimum Gasteiger partial charge on any atom is -0.384 e. The maximum Gasteiger partial charge on any atom is 0.121 e. The van der Waals surface area contributed by atoms with E-state index in [0.717, 1.165) is 12.2 Å². The van der Waals surface area contributed by atoms with Gasteiger partial charge in [0.15, 0.2) is 0 Å². The molecule has 0 aromatic heterocycles. The minimum absolute atomic E-state index is 0.597. The lowest BCUT2D eigenvalue weighted by molar-refractivity contribution is 0.791. The second kappa shape index (κ2) is 2.41. The number of nitrogens with two attached hydrogens (primary N) is 2. The first-order valence-electron chi connectivity index (χ1n) is 2.71. The second-order valence-electron chi connectivity index (χ2n) is 1.75. The summed E-state index contributed by atoms with van der Waals surface area (Å²) in [7, 11) is 0. The maximum atomic E-state index is 5.46. The zero-order valence-electron chi connectivity index (χ0n) is 5.02. The fourth-order valence-electron chi connectivity index (χ4n) is 0.657. The zero-order valence-corrected chi connectivity index (χ0v) is 5.02. The molecule has 0 aromatic carbocycles. The third kappa shape index (κ3) is 1.14. The van der Waals surface area contributed by atoms with Gasteiger partial charge in [-0.3, -0.25) is 5.84 Å². The van der Waals surface area contributed by atoms with Gasteiger partial charge in [0, 0.05) is 6.54 Å². The van der Waals surface area contributed by atoms with E-state index < -0.39 is 0 Å². The Morgan fingerprint density at radius 1 is 1.67 bits per heavy atom. The Bertz CT molecular complexity index is 158. The van der Waals surface area contributed by atoms with Gasteiger partial charge in [-0.2, -0.15) is 0 Å². The summed E-state index contributed by atoms with van der Waals surface area (Å²) in [6.07, 6.45) is 3.78. The first kappa shape index (κ1) is 5.97. The van der Waals surface area contributed by atoms with Gasteiger partial charge in [0.05, 0.1) is 5.70 Å². The van der Waals surface area contributed by atoms with Crippen LogP contribution in [0.2, 0.25) is 0 Å². The molecule has 0 unspecified atom stereocenters. The molecule has 0 spiro atoms. The number of hydrogen-bond donors (Lipinski definition) is 4. The molecule has 0 aromatic rings. The average molecular weight is 126 g/mol. The first-order chi connectivity index (χ1) is 4.34.